The Morgan fingerprint density at radius 1 is 1.00 bits per heavy atom. The number of nitrogen functional groups attached to an aromatic ring is 1. The molecule has 4 rings (SSSR count). The van der Waals surface area contributed by atoms with E-state index in [0.717, 1.165) is 15.8 Å². The van der Waals surface area contributed by atoms with E-state index in [1.54, 1.807) is 24.3 Å². The third-order valence-electron chi connectivity index (χ3n) is 5.19. The van der Waals surface area contributed by atoms with Crippen LogP contribution in [-0.4, -0.2) is 40.8 Å². The summed E-state index contributed by atoms with van der Waals surface area (Å²) in [6.45, 7) is 6.48. The second-order valence-electron chi connectivity index (χ2n) is 7.29. The molecule has 0 spiro atoms. The Labute approximate surface area is 196 Å². The molecule has 0 atom stereocenters. The van der Waals surface area contributed by atoms with Crippen LogP contribution in [0, 0.1) is 6.92 Å². The fourth-order valence-corrected chi connectivity index (χ4v) is 5.80. The Hall–Kier alpha value is -3.28. The topological polar surface area (TPSA) is 126 Å². The molecule has 0 aliphatic rings. The van der Waals surface area contributed by atoms with Gasteiger partial charge in [-0.1, -0.05) is 37.3 Å². The third-order valence-corrected chi connectivity index (χ3v) is 8.19. The van der Waals surface area contributed by atoms with E-state index in [1.165, 1.54) is 22.0 Å². The lowest BCUT2D eigenvalue weighted by molar-refractivity contribution is 0.445. The monoisotopic (exact) mass is 483 g/mol. The van der Waals surface area contributed by atoms with Crippen molar-refractivity contribution in [2.24, 2.45) is 0 Å². The van der Waals surface area contributed by atoms with Crippen LogP contribution in [0.3, 0.4) is 0 Å². The Kier molecular flexibility index (Phi) is 6.45. The molecule has 0 radical (unpaired) electrons. The van der Waals surface area contributed by atoms with Gasteiger partial charge in [-0.3, -0.25) is 0 Å². The van der Waals surface area contributed by atoms with Crippen molar-refractivity contribution in [2.75, 3.05) is 29.5 Å². The van der Waals surface area contributed by atoms with Gasteiger partial charge >= 0.3 is 0 Å². The number of nitrogens with zero attached hydrogens (tertiary/aromatic N) is 4. The highest BCUT2D eigenvalue weighted by molar-refractivity contribution is 7.89. The van der Waals surface area contributed by atoms with Crippen molar-refractivity contribution in [1.29, 1.82) is 0 Å². The van der Waals surface area contributed by atoms with Crippen LogP contribution in [0.1, 0.15) is 19.4 Å². The first-order valence-corrected chi connectivity index (χ1v) is 12.7. The summed E-state index contributed by atoms with van der Waals surface area (Å²) in [5.74, 6) is 0.842. The summed E-state index contributed by atoms with van der Waals surface area (Å²) in [5.41, 5.74) is 9.32. The number of sulfonamides is 1. The molecule has 2 aromatic heterocycles. The van der Waals surface area contributed by atoms with Gasteiger partial charge in [-0.2, -0.15) is 4.31 Å². The lowest BCUT2D eigenvalue weighted by atomic mass is 10.2. The van der Waals surface area contributed by atoms with E-state index in [4.69, 9.17) is 5.73 Å². The van der Waals surface area contributed by atoms with Crippen molar-refractivity contribution in [3.05, 3.63) is 54.4 Å². The molecule has 4 aromatic rings. The molecule has 4 N–H and O–H groups in total. The smallest absolute Gasteiger partial charge is 0.243 e. The minimum Gasteiger partial charge on any atom is -0.393 e. The van der Waals surface area contributed by atoms with E-state index >= 15 is 0 Å². The summed E-state index contributed by atoms with van der Waals surface area (Å²) in [5, 5.41) is 6.99. The van der Waals surface area contributed by atoms with Crippen molar-refractivity contribution in [3.63, 3.8) is 0 Å². The SMILES string of the molecule is CCN(CC)S(=O)(=O)c1ccc(Nc2ncnc(Nc3nc4c(C)cccc4s3)c2N)cc1. The Bertz CT molecular complexity index is 1380. The predicted molar refractivity (Wildman–Crippen MR) is 134 cm³/mol. The number of rotatable bonds is 8. The lowest BCUT2D eigenvalue weighted by Gasteiger charge is -2.18. The largest absolute Gasteiger partial charge is 0.393 e. The molecular formula is C22H25N7O2S2. The number of hydrogen-bond acceptors (Lipinski definition) is 9. The second kappa shape index (κ2) is 9.30. The molecule has 0 fully saturated rings. The Balaban J connectivity index is 1.55. The van der Waals surface area contributed by atoms with Crippen molar-refractivity contribution in [2.45, 2.75) is 25.7 Å². The number of nitrogens with one attached hydrogen (secondary N) is 2. The molecule has 172 valence electrons. The molecule has 0 bridgehead atoms. The number of thiazole rings is 1. The van der Waals surface area contributed by atoms with Gasteiger partial charge in [-0.05, 0) is 42.8 Å². The molecule has 2 aromatic carbocycles. The highest BCUT2D eigenvalue weighted by atomic mass is 32.2. The van der Waals surface area contributed by atoms with Crippen molar-refractivity contribution >= 4 is 59.7 Å². The van der Waals surface area contributed by atoms with Crippen LogP contribution in [-0.2, 0) is 10.0 Å². The van der Waals surface area contributed by atoms with Gasteiger partial charge < -0.3 is 16.4 Å². The van der Waals surface area contributed by atoms with Gasteiger partial charge in [0.15, 0.2) is 16.8 Å². The number of fused-ring (bicyclic) bond motifs is 1. The quantitative estimate of drug-likeness (QED) is 0.334. The Morgan fingerprint density at radius 2 is 1.67 bits per heavy atom. The minimum atomic E-state index is -3.52. The summed E-state index contributed by atoms with van der Waals surface area (Å²) in [7, 11) is -3.52. The predicted octanol–water partition coefficient (Wildman–Crippen LogP) is 4.49. The molecule has 0 aliphatic heterocycles. The molecular weight excluding hydrogens is 458 g/mol. The number of nitrogens with two attached hydrogens (primary N) is 1. The number of benzene rings is 2. The number of hydrogen-bond donors (Lipinski definition) is 3. The van der Waals surface area contributed by atoms with E-state index in [2.05, 4.69) is 25.6 Å². The summed E-state index contributed by atoms with van der Waals surface area (Å²) in [6, 6.07) is 12.5. The van der Waals surface area contributed by atoms with Gasteiger partial charge in [0.1, 0.15) is 12.0 Å². The fraction of sp³-hybridized carbons (Fsp3) is 0.227. The summed E-state index contributed by atoms with van der Waals surface area (Å²) < 4.78 is 27.8. The first-order valence-electron chi connectivity index (χ1n) is 10.4. The summed E-state index contributed by atoms with van der Waals surface area (Å²) in [6.07, 6.45) is 1.40. The van der Waals surface area contributed by atoms with Crippen LogP contribution in [0.2, 0.25) is 0 Å². The fourth-order valence-electron chi connectivity index (χ4n) is 3.40. The minimum absolute atomic E-state index is 0.237. The maximum Gasteiger partial charge on any atom is 0.243 e. The molecule has 0 saturated heterocycles. The van der Waals surface area contributed by atoms with E-state index in [0.29, 0.717) is 41.2 Å². The van der Waals surface area contributed by atoms with E-state index in [-0.39, 0.29) is 4.90 Å². The molecule has 2 heterocycles. The van der Waals surface area contributed by atoms with Gasteiger partial charge in [0.2, 0.25) is 10.0 Å². The third kappa shape index (κ3) is 4.61. The van der Waals surface area contributed by atoms with Crippen LogP contribution >= 0.6 is 11.3 Å². The van der Waals surface area contributed by atoms with Crippen molar-refractivity contribution in [1.82, 2.24) is 19.3 Å². The van der Waals surface area contributed by atoms with Crippen LogP contribution < -0.4 is 16.4 Å². The molecule has 0 unspecified atom stereocenters. The molecule has 11 heteroatoms. The molecule has 0 aliphatic carbocycles. The van der Waals surface area contributed by atoms with Crippen LogP contribution in [0.4, 0.5) is 28.1 Å². The molecule has 33 heavy (non-hydrogen) atoms. The zero-order chi connectivity index (χ0) is 23.6. The van der Waals surface area contributed by atoms with Crippen molar-refractivity contribution < 1.29 is 8.42 Å². The van der Waals surface area contributed by atoms with Gasteiger partial charge in [-0.15, -0.1) is 0 Å². The van der Waals surface area contributed by atoms with Crippen LogP contribution in [0.25, 0.3) is 10.2 Å². The summed E-state index contributed by atoms with van der Waals surface area (Å²) >= 11 is 1.52. The zero-order valence-electron chi connectivity index (χ0n) is 18.5. The van der Waals surface area contributed by atoms with Crippen molar-refractivity contribution in [3.8, 4) is 0 Å². The maximum absolute atomic E-state index is 12.7. The van der Waals surface area contributed by atoms with Gasteiger partial charge in [0, 0.05) is 18.8 Å². The van der Waals surface area contributed by atoms with Gasteiger partial charge in [0.05, 0.1) is 15.1 Å². The number of para-hydroxylation sites is 1. The van der Waals surface area contributed by atoms with Gasteiger partial charge in [0.25, 0.3) is 0 Å². The normalized spacial score (nSPS) is 11.8. The van der Waals surface area contributed by atoms with E-state index in [9.17, 15) is 8.42 Å². The van der Waals surface area contributed by atoms with E-state index in [1.807, 2.05) is 39.0 Å². The summed E-state index contributed by atoms with van der Waals surface area (Å²) in [4.78, 5) is 13.3. The molecule has 0 amide bonds. The standard InChI is InChI=1S/C22H25N7O2S2/c1-4-29(5-2)33(30,31)16-11-9-15(10-12-16)26-20-18(23)21(25-13-24-20)28-22-27-19-14(3)7-6-8-17(19)32-22/h6-13H,4-5,23H2,1-3H3,(H2,24,25,26,27,28). The average Bonchev–Trinajstić information content (AvgIpc) is 3.21. The highest BCUT2D eigenvalue weighted by Gasteiger charge is 2.21. The number of aryl methyl sites for hydroxylation is 1. The van der Waals surface area contributed by atoms with E-state index < -0.39 is 10.0 Å². The lowest BCUT2D eigenvalue weighted by Crippen LogP contribution is -2.30. The Morgan fingerprint density at radius 3 is 2.30 bits per heavy atom. The average molecular weight is 484 g/mol. The van der Waals surface area contributed by atoms with Gasteiger partial charge in [-0.25, -0.2) is 23.4 Å². The number of anilines is 5. The highest BCUT2D eigenvalue weighted by Crippen LogP contribution is 2.33. The van der Waals surface area contributed by atoms with Crippen LogP contribution in [0.15, 0.2) is 53.7 Å². The number of aromatic nitrogens is 3. The first kappa shape index (κ1) is 22.9. The maximum atomic E-state index is 12.7. The molecule has 0 saturated carbocycles. The zero-order valence-corrected chi connectivity index (χ0v) is 20.2. The van der Waals surface area contributed by atoms with Crippen LogP contribution in [0.5, 0.6) is 0 Å². The first-order chi connectivity index (χ1) is 15.8. The molecule has 9 nitrogen and oxygen atoms in total. The second-order valence-corrected chi connectivity index (χ2v) is 10.3.